The van der Waals surface area contributed by atoms with Gasteiger partial charge in [-0.3, -0.25) is 18.1 Å². The average molecular weight is 1020 g/mol. The molecule has 5 rings (SSSR count). The Kier molecular flexibility index (Phi) is 17.0. The molecule has 65 heavy (non-hydrogen) atoms. The third-order valence-electron chi connectivity index (χ3n) is 8.21. The van der Waals surface area contributed by atoms with Crippen molar-refractivity contribution in [2.24, 2.45) is 20.5 Å². The number of aromatic hydroxyl groups is 1. The second kappa shape index (κ2) is 21.8. The third-order valence-corrected chi connectivity index (χ3v) is 13.9. The fraction of sp³-hybridized carbons (Fsp3) is 0.121. The van der Waals surface area contributed by atoms with Crippen LogP contribution in [-0.4, -0.2) is 89.0 Å². The van der Waals surface area contributed by atoms with E-state index in [1.54, 1.807) is 0 Å². The van der Waals surface area contributed by atoms with Crippen LogP contribution < -0.4 is 11.1 Å². The Morgan fingerprint density at radius 2 is 1.32 bits per heavy atom. The molecule has 0 saturated heterocycles. The highest BCUT2D eigenvalue weighted by molar-refractivity contribution is 7.94. The van der Waals surface area contributed by atoms with E-state index in [-0.39, 0.29) is 66.9 Å². The quantitative estimate of drug-likeness (QED) is 0.00765. The van der Waals surface area contributed by atoms with Crippen LogP contribution in [0.4, 0.5) is 34.1 Å². The molecule has 8 N–H and O–H groups in total. The van der Waals surface area contributed by atoms with E-state index in [9.17, 15) is 48.1 Å². The second-order valence-corrected chi connectivity index (χ2v) is 20.3. The van der Waals surface area contributed by atoms with Gasteiger partial charge >= 0.3 is 10.4 Å². The van der Waals surface area contributed by atoms with E-state index in [1.807, 2.05) is 0 Å². The molecular formula is C33H30N6O20S6. The van der Waals surface area contributed by atoms with E-state index in [4.69, 9.17) is 25.0 Å². The van der Waals surface area contributed by atoms with Gasteiger partial charge in [-0.2, -0.15) is 21.9 Å². The van der Waals surface area contributed by atoms with Gasteiger partial charge in [0.1, 0.15) is 22.0 Å². The number of nitrogen functional groups attached to an aromatic ring is 1. The monoisotopic (exact) mass is 1020 g/mol. The van der Waals surface area contributed by atoms with E-state index < -0.39 is 92.0 Å². The number of hydrogen-bond donors (Lipinski definition) is 7. The highest BCUT2D eigenvalue weighted by atomic mass is 32.3. The predicted octanol–water partition coefficient (Wildman–Crippen LogP) is 6.25. The molecule has 1 amide bonds. The van der Waals surface area contributed by atoms with Gasteiger partial charge < -0.3 is 16.2 Å². The molecule has 5 aromatic rings. The molecule has 0 aromatic heterocycles. The topological polar surface area (TPSA) is 398 Å². The molecule has 0 bridgehead atoms. The maximum atomic E-state index is 12.9. The van der Waals surface area contributed by atoms with Crippen molar-refractivity contribution < 1.29 is 90.3 Å². The lowest BCUT2D eigenvalue weighted by Gasteiger charge is -2.12. The summed E-state index contributed by atoms with van der Waals surface area (Å²) in [7, 11) is -18.2. The standard InChI is InChI=1S/C33H30N6O20S6/c34-26-11-10-24-25(30(26)38-37-27-12-9-23(17-29(27)64(48,49)50)63(46,47)15-13-54-61-59-57-43)18-28(60-58-56-42)31(32(24)40)39-36-21-3-1-19(2-4-21)33(41)35-20-5-7-22(8-6-20)62(44,45)16-14-55-65(51,52)53/h1-12,17-18,40,42-43H,13-16,34H2,(H,35,41)(H,48,49,50)(H,51,52,53). The van der Waals surface area contributed by atoms with Crippen molar-refractivity contribution >= 4 is 115 Å². The Morgan fingerprint density at radius 3 is 1.97 bits per heavy atom. The van der Waals surface area contributed by atoms with Gasteiger partial charge in [0.15, 0.2) is 37.7 Å². The fourth-order valence-corrected chi connectivity index (χ4v) is 9.39. The smallest absolute Gasteiger partial charge is 0.397 e. The van der Waals surface area contributed by atoms with Crippen LogP contribution in [0.25, 0.3) is 10.8 Å². The van der Waals surface area contributed by atoms with Crippen LogP contribution in [-0.2, 0) is 67.3 Å². The number of phenolic OH excluding ortho intramolecular Hbond substituents is 1. The number of nitrogens with zero attached hydrogens (tertiary/aromatic N) is 4. The first-order chi connectivity index (χ1) is 30.6. The van der Waals surface area contributed by atoms with E-state index in [1.165, 1.54) is 66.7 Å². The van der Waals surface area contributed by atoms with E-state index in [2.05, 4.69) is 48.7 Å². The zero-order valence-electron chi connectivity index (χ0n) is 32.1. The summed E-state index contributed by atoms with van der Waals surface area (Å²) in [6.07, 6.45) is 0. The molecule has 0 aliphatic carbocycles. The Hall–Kier alpha value is -5.27. The number of rotatable bonds is 22. The fourth-order valence-electron chi connectivity index (χ4n) is 5.26. The van der Waals surface area contributed by atoms with E-state index >= 15 is 0 Å². The Morgan fingerprint density at radius 1 is 0.692 bits per heavy atom. The number of sulfone groups is 2. The zero-order valence-corrected chi connectivity index (χ0v) is 37.0. The molecule has 0 unspecified atom stereocenters. The SMILES string of the molecule is Nc1ccc2c(O)c(N=Nc3ccc(C(=O)Nc4ccc(S(=O)(=O)CCOS(=O)(=O)O)cc4)cc3)c(SOOO)cc2c1N=Nc1ccc(S(=O)(=O)CCOSOOO)cc1S(=O)(=O)O. The van der Waals surface area contributed by atoms with Gasteiger partial charge in [0, 0.05) is 22.0 Å². The first-order valence-corrected chi connectivity index (χ1v) is 24.7. The molecule has 5 aromatic carbocycles. The van der Waals surface area contributed by atoms with Gasteiger partial charge in [-0.15, -0.1) is 24.0 Å². The molecule has 26 nitrogen and oxygen atoms in total. The summed E-state index contributed by atoms with van der Waals surface area (Å²) in [6.45, 7) is -1.31. The molecule has 0 aliphatic rings. The second-order valence-electron chi connectivity index (χ2n) is 12.3. The number of carbonyl (C=O) groups excluding carboxylic acids is 1. The number of phenols is 1. The van der Waals surface area contributed by atoms with Gasteiger partial charge in [-0.25, -0.2) is 31.5 Å². The van der Waals surface area contributed by atoms with Crippen molar-refractivity contribution in [3.05, 3.63) is 90.5 Å². The number of fused-ring (bicyclic) bond motifs is 1. The maximum Gasteiger partial charge on any atom is 0.397 e. The molecule has 32 heteroatoms. The number of anilines is 2. The highest BCUT2D eigenvalue weighted by Gasteiger charge is 2.24. The normalized spacial score (nSPS) is 12.7. The van der Waals surface area contributed by atoms with Crippen LogP contribution in [0, 0.1) is 0 Å². The van der Waals surface area contributed by atoms with Crippen molar-refractivity contribution in [2.75, 3.05) is 35.8 Å². The van der Waals surface area contributed by atoms with Gasteiger partial charge in [0.25, 0.3) is 16.0 Å². The minimum atomic E-state index is -5.12. The van der Waals surface area contributed by atoms with E-state index in [0.29, 0.717) is 18.1 Å². The molecule has 0 fully saturated rings. The number of benzene rings is 5. The van der Waals surface area contributed by atoms with Gasteiger partial charge in [-0.1, -0.05) is 10.1 Å². The van der Waals surface area contributed by atoms with Crippen LogP contribution >= 0.6 is 24.4 Å². The molecular weight excluding hydrogens is 993 g/mol. The molecule has 0 radical (unpaired) electrons. The number of azo groups is 2. The van der Waals surface area contributed by atoms with Crippen molar-refractivity contribution in [3.8, 4) is 5.75 Å². The summed E-state index contributed by atoms with van der Waals surface area (Å²) < 4.78 is 132. The third kappa shape index (κ3) is 13.9. The predicted molar refractivity (Wildman–Crippen MR) is 226 cm³/mol. The van der Waals surface area contributed by atoms with Crippen molar-refractivity contribution in [3.63, 3.8) is 0 Å². The molecule has 0 heterocycles. The number of nitrogens with one attached hydrogen (secondary N) is 1. The highest BCUT2D eigenvalue weighted by Crippen LogP contribution is 2.48. The largest absolute Gasteiger partial charge is 0.505 e. The maximum absolute atomic E-state index is 12.9. The summed E-state index contributed by atoms with van der Waals surface area (Å²) >= 11 is 0.466. The average Bonchev–Trinajstić information content (AvgIpc) is 3.24. The minimum Gasteiger partial charge on any atom is -0.505 e. The Balaban J connectivity index is 1.37. The van der Waals surface area contributed by atoms with Crippen LogP contribution in [0.5, 0.6) is 5.75 Å². The summed E-state index contributed by atoms with van der Waals surface area (Å²) in [6, 6.07) is 17.0. The molecule has 0 saturated carbocycles. The number of amides is 1. The molecule has 0 aliphatic heterocycles. The van der Waals surface area contributed by atoms with Gasteiger partial charge in [0.2, 0.25) is 0 Å². The van der Waals surface area contributed by atoms with E-state index in [0.717, 1.165) is 12.1 Å². The number of carbonyl (C=O) groups is 1. The molecule has 0 atom stereocenters. The first-order valence-electron chi connectivity index (χ1n) is 17.2. The number of nitrogens with two attached hydrogens (primary N) is 1. The summed E-state index contributed by atoms with van der Waals surface area (Å²) in [5, 5.41) is 54.2. The van der Waals surface area contributed by atoms with Crippen molar-refractivity contribution in [1.29, 1.82) is 0 Å². The van der Waals surface area contributed by atoms with Crippen LogP contribution in [0.2, 0.25) is 0 Å². The first kappa shape index (κ1) is 50.7. The summed E-state index contributed by atoms with van der Waals surface area (Å²) in [5.74, 6) is -2.60. The molecule has 0 spiro atoms. The minimum absolute atomic E-state index is 0.0352. The van der Waals surface area contributed by atoms with Crippen LogP contribution in [0.15, 0.2) is 125 Å². The lowest BCUT2D eigenvalue weighted by atomic mass is 10.1. The number of hydrogen-bond acceptors (Lipinski definition) is 25. The summed E-state index contributed by atoms with van der Waals surface area (Å²) in [4.78, 5) is 11.1. The lowest BCUT2D eigenvalue weighted by Crippen LogP contribution is -2.15. The Labute approximate surface area is 375 Å². The van der Waals surface area contributed by atoms with Gasteiger partial charge in [0.05, 0.1) is 62.8 Å². The zero-order chi connectivity index (χ0) is 47.6. The van der Waals surface area contributed by atoms with Crippen LogP contribution in [0.1, 0.15) is 10.4 Å². The van der Waals surface area contributed by atoms with Crippen molar-refractivity contribution in [1.82, 2.24) is 0 Å². The lowest BCUT2D eigenvalue weighted by molar-refractivity contribution is -0.434. The van der Waals surface area contributed by atoms with Gasteiger partial charge in [-0.05, 0) is 84.9 Å². The van der Waals surface area contributed by atoms with Crippen LogP contribution in [0.3, 0.4) is 0 Å². The Bertz CT molecular complexity index is 3070. The summed E-state index contributed by atoms with van der Waals surface area (Å²) in [5.41, 5.74) is 5.68. The van der Waals surface area contributed by atoms with Crippen molar-refractivity contribution in [2.45, 2.75) is 19.6 Å². The molecule has 348 valence electrons.